The first kappa shape index (κ1) is 37.1. The van der Waals surface area contributed by atoms with Gasteiger partial charge < -0.3 is 14.7 Å². The minimum atomic E-state index is -0.486. The molecule has 2 fully saturated rings. The summed E-state index contributed by atoms with van der Waals surface area (Å²) >= 11 is 0. The second-order valence-electron chi connectivity index (χ2n) is 9.18. The van der Waals surface area contributed by atoms with Gasteiger partial charge in [0.25, 0.3) is 0 Å². The molecule has 226 valence electrons. The molecule has 1 unspecified atom stereocenters. The standard InChI is InChI=1S/C13H18N2O.C8H8O.C7H10N2O3.2C2H6/c1-11-4-3-5-13(12(11)10-16)15-8-6-14(2)7-9-15;1-7-2-4-8(6-9)5-3-7;1-9(4-10)5-2-3-6(11)8-7(5)12;2*1-2/h3-5,10H,6-9H2,1-2H3;2-6H,1H3;4-5H,2-3H2,1H3,(H,8,11,12);2*1-2H3. The van der Waals surface area contributed by atoms with Crippen LogP contribution in [0.1, 0.15) is 72.4 Å². The number of nitrogens with zero attached hydrogens (tertiary/aromatic N) is 3. The van der Waals surface area contributed by atoms with Crippen LogP contribution in [0.15, 0.2) is 42.5 Å². The number of aryl methyl sites for hydroxylation is 2. The zero-order valence-corrected chi connectivity index (χ0v) is 26.0. The Morgan fingerprint density at radius 2 is 1.44 bits per heavy atom. The lowest BCUT2D eigenvalue weighted by atomic mass is 10.1. The predicted octanol–water partition coefficient (Wildman–Crippen LogP) is 4.30. The lowest BCUT2D eigenvalue weighted by Gasteiger charge is -2.34. The molecule has 2 aliphatic heterocycles. The van der Waals surface area contributed by atoms with E-state index < -0.39 is 6.04 Å². The summed E-state index contributed by atoms with van der Waals surface area (Å²) in [5.74, 6) is -0.656. The summed E-state index contributed by atoms with van der Waals surface area (Å²) in [7, 11) is 3.65. The van der Waals surface area contributed by atoms with Gasteiger partial charge in [-0.3, -0.25) is 29.3 Å². The number of carbonyl (C=O) groups excluding carboxylic acids is 5. The highest BCUT2D eigenvalue weighted by Gasteiger charge is 2.28. The Morgan fingerprint density at radius 1 is 0.854 bits per heavy atom. The first-order chi connectivity index (χ1) is 19.7. The number of nitrogens with one attached hydrogen (secondary N) is 1. The zero-order chi connectivity index (χ0) is 31.4. The van der Waals surface area contributed by atoms with Crippen LogP contribution in [0.4, 0.5) is 5.69 Å². The average Bonchev–Trinajstić information content (AvgIpc) is 3.00. The van der Waals surface area contributed by atoms with Crippen molar-refractivity contribution in [2.75, 3.05) is 45.2 Å². The molecule has 4 rings (SSSR count). The second kappa shape index (κ2) is 21.0. The van der Waals surface area contributed by atoms with E-state index in [0.717, 1.165) is 61.1 Å². The Labute approximate surface area is 245 Å². The largest absolute Gasteiger partial charge is 0.368 e. The third-order valence-corrected chi connectivity index (χ3v) is 6.34. The Kier molecular flexibility index (Phi) is 19.0. The van der Waals surface area contributed by atoms with Crippen molar-refractivity contribution in [3.8, 4) is 0 Å². The van der Waals surface area contributed by atoms with Gasteiger partial charge >= 0.3 is 0 Å². The molecule has 0 radical (unpaired) electrons. The molecular formula is C32H48N4O5. The SMILES string of the molecule is CC.CC.CN(C=O)C1CCC(=O)NC1=O.Cc1ccc(C=O)cc1.Cc1cccc(N2CCN(C)CC2)c1C=O. The van der Waals surface area contributed by atoms with Crippen LogP contribution in [0.2, 0.25) is 0 Å². The number of carbonyl (C=O) groups is 5. The maximum absolute atomic E-state index is 11.1. The molecule has 9 nitrogen and oxygen atoms in total. The number of anilines is 1. The van der Waals surface area contributed by atoms with E-state index in [9.17, 15) is 24.0 Å². The fourth-order valence-electron chi connectivity index (χ4n) is 3.93. The van der Waals surface area contributed by atoms with Crippen LogP contribution in [0.5, 0.6) is 0 Å². The van der Waals surface area contributed by atoms with E-state index in [2.05, 4.69) is 22.2 Å². The number of piperidine rings is 1. The van der Waals surface area contributed by atoms with Crippen molar-refractivity contribution in [1.29, 1.82) is 0 Å². The van der Waals surface area contributed by atoms with Crippen molar-refractivity contribution in [2.24, 2.45) is 0 Å². The number of hydrogen-bond donors (Lipinski definition) is 1. The highest BCUT2D eigenvalue weighted by molar-refractivity contribution is 6.00. The van der Waals surface area contributed by atoms with Gasteiger partial charge in [-0.25, -0.2) is 0 Å². The van der Waals surface area contributed by atoms with Gasteiger partial charge in [0.15, 0.2) is 6.29 Å². The molecule has 0 spiro atoms. The lowest BCUT2D eigenvalue weighted by molar-refractivity contribution is -0.140. The number of rotatable bonds is 5. The highest BCUT2D eigenvalue weighted by atomic mass is 16.2. The molecule has 1 atom stereocenters. The summed E-state index contributed by atoms with van der Waals surface area (Å²) in [6, 6.07) is 13.0. The number of hydrogen-bond acceptors (Lipinski definition) is 7. The molecule has 41 heavy (non-hydrogen) atoms. The van der Waals surface area contributed by atoms with Gasteiger partial charge in [0, 0.05) is 56.5 Å². The van der Waals surface area contributed by atoms with Gasteiger partial charge in [0.1, 0.15) is 12.3 Å². The summed E-state index contributed by atoms with van der Waals surface area (Å²) in [6.07, 6.45) is 3.12. The molecule has 2 heterocycles. The Hall–Kier alpha value is -3.85. The summed E-state index contributed by atoms with van der Waals surface area (Å²) in [6.45, 7) is 16.1. The molecule has 2 saturated heterocycles. The Morgan fingerprint density at radius 3 is 1.93 bits per heavy atom. The van der Waals surface area contributed by atoms with Crippen LogP contribution in [-0.2, 0) is 14.4 Å². The van der Waals surface area contributed by atoms with Gasteiger partial charge in [-0.1, -0.05) is 69.7 Å². The number of imide groups is 1. The van der Waals surface area contributed by atoms with Crippen LogP contribution in [0.3, 0.4) is 0 Å². The zero-order valence-electron chi connectivity index (χ0n) is 26.0. The maximum atomic E-state index is 11.1. The van der Waals surface area contributed by atoms with Crippen molar-refractivity contribution < 1.29 is 24.0 Å². The van der Waals surface area contributed by atoms with E-state index in [0.29, 0.717) is 19.3 Å². The third-order valence-electron chi connectivity index (χ3n) is 6.34. The van der Waals surface area contributed by atoms with E-state index in [1.165, 1.54) is 17.5 Å². The minimum absolute atomic E-state index is 0.268. The molecule has 2 aromatic rings. The minimum Gasteiger partial charge on any atom is -0.368 e. The smallest absolute Gasteiger partial charge is 0.249 e. The summed E-state index contributed by atoms with van der Waals surface area (Å²) in [5.41, 5.74) is 4.91. The van der Waals surface area contributed by atoms with Crippen molar-refractivity contribution in [2.45, 2.75) is 60.4 Å². The maximum Gasteiger partial charge on any atom is 0.249 e. The summed E-state index contributed by atoms with van der Waals surface area (Å²) < 4.78 is 0. The second-order valence-corrected chi connectivity index (χ2v) is 9.18. The normalized spacial score (nSPS) is 15.9. The molecule has 0 saturated carbocycles. The Bertz CT molecular complexity index is 1080. The van der Waals surface area contributed by atoms with Gasteiger partial charge in [0.05, 0.1) is 0 Å². The van der Waals surface area contributed by atoms with E-state index in [-0.39, 0.29) is 11.8 Å². The molecule has 3 amide bonds. The first-order valence-corrected chi connectivity index (χ1v) is 14.2. The Balaban J connectivity index is 0.000000571. The van der Waals surface area contributed by atoms with Crippen LogP contribution >= 0.6 is 0 Å². The molecular weight excluding hydrogens is 520 g/mol. The quantitative estimate of drug-likeness (QED) is 0.423. The average molecular weight is 569 g/mol. The van der Waals surface area contributed by atoms with Crippen LogP contribution in [0.25, 0.3) is 0 Å². The van der Waals surface area contributed by atoms with Gasteiger partial charge in [-0.2, -0.15) is 0 Å². The molecule has 1 N–H and O–H groups in total. The third kappa shape index (κ3) is 12.9. The topological polar surface area (TPSA) is 107 Å². The monoisotopic (exact) mass is 568 g/mol. The molecule has 2 aromatic carbocycles. The lowest BCUT2D eigenvalue weighted by Crippen LogP contribution is -2.50. The van der Waals surface area contributed by atoms with E-state index in [1.807, 2.05) is 84.0 Å². The van der Waals surface area contributed by atoms with Crippen LogP contribution in [0, 0.1) is 13.8 Å². The molecule has 2 aliphatic rings. The van der Waals surface area contributed by atoms with Crippen molar-refractivity contribution in [3.63, 3.8) is 0 Å². The molecule has 0 aromatic heterocycles. The van der Waals surface area contributed by atoms with Crippen LogP contribution in [-0.4, -0.2) is 86.9 Å². The predicted molar refractivity (Wildman–Crippen MR) is 166 cm³/mol. The van der Waals surface area contributed by atoms with Crippen LogP contribution < -0.4 is 10.2 Å². The first-order valence-electron chi connectivity index (χ1n) is 14.2. The fourth-order valence-corrected chi connectivity index (χ4v) is 3.93. The van der Waals surface area contributed by atoms with Gasteiger partial charge in [0.2, 0.25) is 18.2 Å². The summed E-state index contributed by atoms with van der Waals surface area (Å²) in [4.78, 5) is 59.2. The van der Waals surface area contributed by atoms with Crippen molar-refractivity contribution in [3.05, 3.63) is 64.7 Å². The van der Waals surface area contributed by atoms with Gasteiger partial charge in [-0.05, 0) is 38.9 Å². The molecule has 9 heteroatoms. The van der Waals surface area contributed by atoms with E-state index >= 15 is 0 Å². The number of aldehydes is 2. The number of likely N-dealkylation sites (N-methyl/N-ethyl adjacent to an activating group) is 2. The highest BCUT2D eigenvalue weighted by Crippen LogP contribution is 2.23. The van der Waals surface area contributed by atoms with Crippen molar-refractivity contribution >= 4 is 36.5 Å². The molecule has 0 bridgehead atoms. The molecule has 0 aliphatic carbocycles. The van der Waals surface area contributed by atoms with E-state index in [4.69, 9.17) is 0 Å². The number of piperazine rings is 1. The van der Waals surface area contributed by atoms with Crippen molar-refractivity contribution in [1.82, 2.24) is 15.1 Å². The fraction of sp³-hybridized carbons (Fsp3) is 0.469. The number of benzene rings is 2. The van der Waals surface area contributed by atoms with E-state index in [1.54, 1.807) is 0 Å². The van der Waals surface area contributed by atoms with Gasteiger partial charge in [-0.15, -0.1) is 0 Å². The number of amides is 3. The summed E-state index contributed by atoms with van der Waals surface area (Å²) in [5, 5.41) is 2.17.